The van der Waals surface area contributed by atoms with Gasteiger partial charge in [-0.1, -0.05) is 39.5 Å². The second-order valence-electron chi connectivity index (χ2n) is 5.65. The molecular weight excluding hydrogens is 282 g/mol. The van der Waals surface area contributed by atoms with Crippen LogP contribution in [-0.2, 0) is 13.3 Å². The van der Waals surface area contributed by atoms with Crippen molar-refractivity contribution in [1.29, 1.82) is 0 Å². The van der Waals surface area contributed by atoms with Crippen molar-refractivity contribution in [2.24, 2.45) is 0 Å². The summed E-state index contributed by atoms with van der Waals surface area (Å²) >= 11 is 0. The molecule has 4 nitrogen and oxygen atoms in total. The third-order valence-corrected chi connectivity index (χ3v) is 6.88. The molecule has 0 aliphatic carbocycles. The topological polar surface area (TPSA) is 30.9 Å². The number of hydrogen-bond donors (Lipinski definition) is 0. The van der Waals surface area contributed by atoms with Crippen LogP contribution in [0.25, 0.3) is 0 Å². The number of hydrogen-bond acceptors (Lipinski definition) is 4. The van der Waals surface area contributed by atoms with Crippen LogP contribution in [0, 0.1) is 0 Å². The lowest BCUT2D eigenvalue weighted by Crippen LogP contribution is -2.43. The molecule has 0 aromatic rings. The van der Waals surface area contributed by atoms with Crippen LogP contribution in [0.2, 0.25) is 6.04 Å². The Bertz CT molecular complexity index is 207. The van der Waals surface area contributed by atoms with Gasteiger partial charge in [-0.2, -0.15) is 0 Å². The Labute approximate surface area is 133 Å². The van der Waals surface area contributed by atoms with Gasteiger partial charge in [0.1, 0.15) is 0 Å². The van der Waals surface area contributed by atoms with Gasteiger partial charge in [0.25, 0.3) is 0 Å². The Morgan fingerprint density at radius 3 is 1.48 bits per heavy atom. The van der Waals surface area contributed by atoms with Gasteiger partial charge in [0.15, 0.2) is 0 Å². The zero-order chi connectivity index (χ0) is 16.0. The highest BCUT2D eigenvalue weighted by Crippen LogP contribution is 2.16. The minimum atomic E-state index is -2.39. The molecule has 0 aromatic carbocycles. The predicted molar refractivity (Wildman–Crippen MR) is 91.7 cm³/mol. The molecule has 0 N–H and O–H groups in total. The van der Waals surface area contributed by atoms with Crippen molar-refractivity contribution < 1.29 is 13.3 Å². The Kier molecular flexibility index (Phi) is 13.7. The highest BCUT2D eigenvalue weighted by Gasteiger charge is 2.36. The largest absolute Gasteiger partial charge is 0.500 e. The van der Waals surface area contributed by atoms with Crippen molar-refractivity contribution in [2.45, 2.75) is 64.8 Å². The average Bonchev–Trinajstić information content (AvgIpc) is 2.52. The average molecular weight is 320 g/mol. The van der Waals surface area contributed by atoms with Crippen molar-refractivity contribution in [1.82, 2.24) is 4.90 Å². The minimum absolute atomic E-state index is 0.897. The summed E-state index contributed by atoms with van der Waals surface area (Å²) in [7, 11) is 2.69. The fraction of sp³-hybridized carbons (Fsp3) is 1.00. The molecule has 128 valence electrons. The van der Waals surface area contributed by atoms with E-state index in [1.165, 1.54) is 51.6 Å². The van der Waals surface area contributed by atoms with E-state index in [9.17, 15) is 0 Å². The van der Waals surface area contributed by atoms with E-state index in [-0.39, 0.29) is 0 Å². The summed E-state index contributed by atoms with van der Waals surface area (Å²) < 4.78 is 16.5. The van der Waals surface area contributed by atoms with Gasteiger partial charge in [0.2, 0.25) is 0 Å². The molecule has 0 radical (unpaired) electrons. The fourth-order valence-corrected chi connectivity index (χ4v) is 4.29. The molecule has 21 heavy (non-hydrogen) atoms. The van der Waals surface area contributed by atoms with Gasteiger partial charge in [0.05, 0.1) is 0 Å². The number of rotatable bonds is 15. The summed E-state index contributed by atoms with van der Waals surface area (Å²) in [6.07, 6.45) is 8.94. The van der Waals surface area contributed by atoms with Gasteiger partial charge in [-0.05, 0) is 38.9 Å². The van der Waals surface area contributed by atoms with Gasteiger partial charge in [-0.25, -0.2) is 0 Å². The molecule has 0 atom stereocenters. The fourth-order valence-electron chi connectivity index (χ4n) is 2.58. The second-order valence-corrected chi connectivity index (χ2v) is 8.75. The lowest BCUT2D eigenvalue weighted by atomic mass is 10.2. The van der Waals surface area contributed by atoms with E-state index in [0.717, 1.165) is 19.0 Å². The molecule has 0 heterocycles. The Morgan fingerprint density at radius 1 is 0.667 bits per heavy atom. The maximum atomic E-state index is 5.49. The predicted octanol–water partition coefficient (Wildman–Crippen LogP) is 3.94. The van der Waals surface area contributed by atoms with Crippen LogP contribution in [0.15, 0.2) is 0 Å². The summed E-state index contributed by atoms with van der Waals surface area (Å²) in [4.78, 5) is 2.60. The molecule has 0 saturated carbocycles. The van der Waals surface area contributed by atoms with E-state index in [0.29, 0.717) is 0 Å². The Balaban J connectivity index is 4.12. The van der Waals surface area contributed by atoms with Crippen LogP contribution in [0.4, 0.5) is 0 Å². The SMILES string of the molecule is CCCCCN(CCCCC)CCC[Si](OC)(OC)OC. The molecule has 0 aliphatic heterocycles. The molecule has 0 amide bonds. The van der Waals surface area contributed by atoms with Gasteiger partial charge in [0, 0.05) is 27.4 Å². The molecule has 0 bridgehead atoms. The molecule has 5 heteroatoms. The van der Waals surface area contributed by atoms with Gasteiger partial charge >= 0.3 is 8.80 Å². The first kappa shape index (κ1) is 21.1. The Hall–Kier alpha value is 0.0569. The smallest absolute Gasteiger partial charge is 0.377 e. The van der Waals surface area contributed by atoms with Crippen molar-refractivity contribution in [3.05, 3.63) is 0 Å². The number of nitrogens with zero attached hydrogens (tertiary/aromatic N) is 1. The lowest BCUT2D eigenvalue weighted by Gasteiger charge is -2.27. The zero-order valence-electron chi connectivity index (χ0n) is 15.0. The van der Waals surface area contributed by atoms with Crippen molar-refractivity contribution in [3.8, 4) is 0 Å². The van der Waals surface area contributed by atoms with Gasteiger partial charge in [-0.3, -0.25) is 0 Å². The third-order valence-electron chi connectivity index (χ3n) is 4.05. The first-order valence-corrected chi connectivity index (χ1v) is 10.5. The molecule has 0 fully saturated rings. The van der Waals surface area contributed by atoms with E-state index in [4.69, 9.17) is 13.3 Å². The van der Waals surface area contributed by atoms with Crippen LogP contribution >= 0.6 is 0 Å². The van der Waals surface area contributed by atoms with Crippen LogP contribution in [-0.4, -0.2) is 54.7 Å². The maximum Gasteiger partial charge on any atom is 0.500 e. The molecule has 0 unspecified atom stereocenters. The summed E-state index contributed by atoms with van der Waals surface area (Å²) in [6, 6.07) is 0.897. The molecule has 0 aliphatic rings. The summed E-state index contributed by atoms with van der Waals surface area (Å²) in [5.41, 5.74) is 0. The Morgan fingerprint density at radius 2 is 1.10 bits per heavy atom. The van der Waals surface area contributed by atoms with Crippen molar-refractivity contribution >= 4 is 8.80 Å². The summed E-state index contributed by atoms with van der Waals surface area (Å²) in [6.45, 7) is 8.09. The summed E-state index contributed by atoms with van der Waals surface area (Å²) in [5.74, 6) is 0. The van der Waals surface area contributed by atoms with Crippen molar-refractivity contribution in [3.63, 3.8) is 0 Å². The first-order chi connectivity index (χ1) is 10.2. The zero-order valence-corrected chi connectivity index (χ0v) is 16.0. The van der Waals surface area contributed by atoms with Crippen molar-refractivity contribution in [2.75, 3.05) is 41.0 Å². The van der Waals surface area contributed by atoms with E-state index in [1.54, 1.807) is 21.3 Å². The van der Waals surface area contributed by atoms with E-state index in [1.807, 2.05) is 0 Å². The first-order valence-electron chi connectivity index (χ1n) is 8.55. The van der Waals surface area contributed by atoms with Crippen LogP contribution in [0.1, 0.15) is 58.8 Å². The van der Waals surface area contributed by atoms with E-state index >= 15 is 0 Å². The minimum Gasteiger partial charge on any atom is -0.377 e. The number of unbranched alkanes of at least 4 members (excludes halogenated alkanes) is 4. The quantitative estimate of drug-likeness (QED) is 0.338. The highest BCUT2D eigenvalue weighted by molar-refractivity contribution is 6.60. The van der Waals surface area contributed by atoms with E-state index < -0.39 is 8.80 Å². The molecular formula is C16H37NO3Si. The third kappa shape index (κ3) is 9.63. The van der Waals surface area contributed by atoms with E-state index in [2.05, 4.69) is 18.7 Å². The monoisotopic (exact) mass is 319 g/mol. The van der Waals surface area contributed by atoms with Crippen LogP contribution in [0.3, 0.4) is 0 Å². The normalized spacial score (nSPS) is 12.3. The second kappa shape index (κ2) is 13.7. The molecule has 0 aromatic heterocycles. The molecule has 0 spiro atoms. The summed E-state index contributed by atoms with van der Waals surface area (Å²) in [5, 5.41) is 0. The lowest BCUT2D eigenvalue weighted by molar-refractivity contribution is 0.121. The standard InChI is InChI=1S/C16H37NO3Si/c1-6-8-10-13-17(14-11-9-7-2)15-12-16-21(18-3,19-4)20-5/h6-16H2,1-5H3. The van der Waals surface area contributed by atoms with Gasteiger partial charge in [-0.15, -0.1) is 0 Å². The van der Waals surface area contributed by atoms with Crippen LogP contribution < -0.4 is 0 Å². The molecule has 0 rings (SSSR count). The van der Waals surface area contributed by atoms with Gasteiger partial charge < -0.3 is 18.2 Å². The molecule has 0 saturated heterocycles. The maximum absolute atomic E-state index is 5.49. The van der Waals surface area contributed by atoms with Crippen LogP contribution in [0.5, 0.6) is 0 Å². The highest BCUT2D eigenvalue weighted by atomic mass is 28.4.